The Hall–Kier alpha value is -2.54. The van der Waals surface area contributed by atoms with Gasteiger partial charge >= 0.3 is 6.18 Å². The van der Waals surface area contributed by atoms with Crippen LogP contribution in [-0.2, 0) is 11.0 Å². The molecule has 2 aliphatic rings. The zero-order valence-electron chi connectivity index (χ0n) is 15.3. The molecule has 1 atom stereocenters. The van der Waals surface area contributed by atoms with Crippen molar-refractivity contribution in [2.24, 2.45) is 0 Å². The Morgan fingerprint density at radius 2 is 1.86 bits per heavy atom. The Balaban J connectivity index is 1.86. The standard InChI is InChI=1S/C21H18ClF3N2O2/c22-12-3-5-15(17(9-12)21(23,24)25)16(10-13-4-8-19(28)26-13)18-7-6-14(11-1-2-11)20(29)27-18/h3,5-7,9-11,13H,1-2,4,8H2,(H,26,28)(H,27,29)/b16-10+/t13-/m1/s1. The number of aromatic amines is 1. The average molecular weight is 423 g/mol. The normalized spacial score (nSPS) is 20.1. The van der Waals surface area contributed by atoms with E-state index in [4.69, 9.17) is 11.6 Å². The first kappa shape index (κ1) is 19.8. The zero-order chi connectivity index (χ0) is 20.8. The van der Waals surface area contributed by atoms with Gasteiger partial charge in [0.2, 0.25) is 5.91 Å². The van der Waals surface area contributed by atoms with Crippen LogP contribution in [0.1, 0.15) is 54.0 Å². The van der Waals surface area contributed by atoms with E-state index in [0.717, 1.165) is 18.9 Å². The van der Waals surface area contributed by atoms with E-state index in [1.54, 1.807) is 18.2 Å². The maximum Gasteiger partial charge on any atom is 0.417 e. The van der Waals surface area contributed by atoms with Crippen molar-refractivity contribution in [2.45, 2.75) is 43.8 Å². The topological polar surface area (TPSA) is 62.0 Å². The van der Waals surface area contributed by atoms with Gasteiger partial charge in [-0.1, -0.05) is 29.8 Å². The number of carbonyl (C=O) groups excluding carboxylic acids is 1. The summed E-state index contributed by atoms with van der Waals surface area (Å²) in [6, 6.07) is 6.43. The van der Waals surface area contributed by atoms with Crippen LogP contribution in [0.15, 0.2) is 41.2 Å². The first-order chi connectivity index (χ1) is 13.7. The molecule has 1 saturated carbocycles. The summed E-state index contributed by atoms with van der Waals surface area (Å²) < 4.78 is 41.1. The van der Waals surface area contributed by atoms with Gasteiger partial charge in [0.25, 0.3) is 5.56 Å². The number of hydrogen-bond donors (Lipinski definition) is 2. The summed E-state index contributed by atoms with van der Waals surface area (Å²) >= 11 is 5.82. The van der Waals surface area contributed by atoms with E-state index in [1.165, 1.54) is 12.1 Å². The van der Waals surface area contributed by atoms with Gasteiger partial charge in [-0.25, -0.2) is 0 Å². The number of alkyl halides is 3. The molecule has 2 fully saturated rings. The molecule has 1 amide bonds. The Morgan fingerprint density at radius 1 is 1.10 bits per heavy atom. The molecule has 29 heavy (non-hydrogen) atoms. The molecule has 2 N–H and O–H groups in total. The Bertz CT molecular complexity index is 1050. The highest BCUT2D eigenvalue weighted by atomic mass is 35.5. The van der Waals surface area contributed by atoms with Gasteiger partial charge in [0.15, 0.2) is 0 Å². The lowest BCUT2D eigenvalue weighted by Crippen LogP contribution is -2.24. The third-order valence-electron chi connectivity index (χ3n) is 5.22. The maximum atomic E-state index is 13.7. The van der Waals surface area contributed by atoms with Crippen LogP contribution in [0.2, 0.25) is 5.02 Å². The number of pyridine rings is 1. The molecular weight excluding hydrogens is 405 g/mol. The van der Waals surface area contributed by atoms with Gasteiger partial charge in [-0.15, -0.1) is 0 Å². The van der Waals surface area contributed by atoms with E-state index in [2.05, 4.69) is 10.3 Å². The molecule has 4 nitrogen and oxygen atoms in total. The zero-order valence-corrected chi connectivity index (χ0v) is 16.0. The minimum absolute atomic E-state index is 0.0350. The maximum absolute atomic E-state index is 13.7. The second-order valence-electron chi connectivity index (χ2n) is 7.41. The third-order valence-corrected chi connectivity index (χ3v) is 5.46. The number of carbonyl (C=O) groups is 1. The molecule has 0 bridgehead atoms. The van der Waals surface area contributed by atoms with Crippen molar-refractivity contribution >= 4 is 23.1 Å². The van der Waals surface area contributed by atoms with Crippen molar-refractivity contribution in [1.82, 2.24) is 10.3 Å². The third kappa shape index (κ3) is 4.24. The van der Waals surface area contributed by atoms with Crippen molar-refractivity contribution in [2.75, 3.05) is 0 Å². The van der Waals surface area contributed by atoms with Crippen molar-refractivity contribution in [3.8, 4) is 0 Å². The number of H-pyrrole nitrogens is 1. The number of hydrogen-bond acceptors (Lipinski definition) is 2. The predicted octanol–water partition coefficient (Wildman–Crippen LogP) is 4.63. The molecular formula is C21H18ClF3N2O2. The number of benzene rings is 1. The monoisotopic (exact) mass is 422 g/mol. The van der Waals surface area contributed by atoms with Crippen molar-refractivity contribution in [1.29, 1.82) is 0 Å². The summed E-state index contributed by atoms with van der Waals surface area (Å²) in [5.74, 6) is 0.0611. The van der Waals surface area contributed by atoms with Gasteiger partial charge in [-0.05, 0) is 48.9 Å². The van der Waals surface area contributed by atoms with Crippen LogP contribution < -0.4 is 10.9 Å². The largest absolute Gasteiger partial charge is 0.417 e. The van der Waals surface area contributed by atoms with Crippen LogP contribution in [0, 0.1) is 0 Å². The molecule has 1 aromatic carbocycles. The average Bonchev–Trinajstić information content (AvgIpc) is 3.41. The molecule has 1 saturated heterocycles. The van der Waals surface area contributed by atoms with Crippen molar-refractivity contribution < 1.29 is 18.0 Å². The highest BCUT2D eigenvalue weighted by molar-refractivity contribution is 6.30. The highest BCUT2D eigenvalue weighted by Crippen LogP contribution is 2.40. The lowest BCUT2D eigenvalue weighted by molar-refractivity contribution is -0.137. The molecule has 0 unspecified atom stereocenters. The van der Waals surface area contributed by atoms with Gasteiger partial charge in [0.05, 0.1) is 5.56 Å². The molecule has 2 aromatic rings. The Kier molecular flexibility index (Phi) is 5.02. The minimum atomic E-state index is -4.63. The molecule has 152 valence electrons. The lowest BCUT2D eigenvalue weighted by atomic mass is 9.94. The molecule has 1 aromatic heterocycles. The summed E-state index contributed by atoms with van der Waals surface area (Å²) in [6.07, 6.45) is -0.402. The molecule has 2 heterocycles. The van der Waals surface area contributed by atoms with E-state index in [-0.39, 0.29) is 39.2 Å². The van der Waals surface area contributed by atoms with Crippen molar-refractivity contribution in [3.63, 3.8) is 0 Å². The van der Waals surface area contributed by atoms with Crippen LogP contribution in [0.5, 0.6) is 0 Å². The van der Waals surface area contributed by atoms with Crippen LogP contribution in [0.4, 0.5) is 13.2 Å². The van der Waals surface area contributed by atoms with Crippen LogP contribution in [0.3, 0.4) is 0 Å². The smallest absolute Gasteiger partial charge is 0.350 e. The Morgan fingerprint density at radius 3 is 2.45 bits per heavy atom. The van der Waals surface area contributed by atoms with E-state index in [1.807, 2.05) is 0 Å². The van der Waals surface area contributed by atoms with Gasteiger partial charge in [-0.2, -0.15) is 13.2 Å². The number of nitrogens with one attached hydrogen (secondary N) is 2. The van der Waals surface area contributed by atoms with Gasteiger partial charge in [0, 0.05) is 34.3 Å². The summed E-state index contributed by atoms with van der Waals surface area (Å²) in [5, 5.41) is 2.70. The highest BCUT2D eigenvalue weighted by Gasteiger charge is 2.35. The van der Waals surface area contributed by atoms with E-state index < -0.39 is 17.8 Å². The number of halogens is 4. The van der Waals surface area contributed by atoms with Crippen molar-refractivity contribution in [3.05, 3.63) is 74.2 Å². The van der Waals surface area contributed by atoms with E-state index in [0.29, 0.717) is 18.4 Å². The molecule has 1 aliphatic heterocycles. The molecule has 8 heteroatoms. The van der Waals surface area contributed by atoms with E-state index >= 15 is 0 Å². The summed E-state index contributed by atoms with van der Waals surface area (Å²) in [4.78, 5) is 26.8. The van der Waals surface area contributed by atoms with Gasteiger partial charge in [0.1, 0.15) is 0 Å². The van der Waals surface area contributed by atoms with Crippen LogP contribution in [-0.4, -0.2) is 16.9 Å². The van der Waals surface area contributed by atoms with Crippen LogP contribution >= 0.6 is 11.6 Å². The Labute approximate surface area is 169 Å². The van der Waals surface area contributed by atoms with Gasteiger partial charge < -0.3 is 10.3 Å². The number of rotatable bonds is 4. The second kappa shape index (κ2) is 7.37. The summed E-state index contributed by atoms with van der Waals surface area (Å²) in [5.41, 5.74) is -0.164. The van der Waals surface area contributed by atoms with Gasteiger partial charge in [-0.3, -0.25) is 9.59 Å². The quantitative estimate of drug-likeness (QED) is 0.754. The number of aromatic nitrogens is 1. The van der Waals surface area contributed by atoms with E-state index in [9.17, 15) is 22.8 Å². The summed E-state index contributed by atoms with van der Waals surface area (Å²) in [7, 11) is 0. The SMILES string of the molecule is O=C1CC[C@H](/C=C(/c2ccc(C3CC3)c(=O)[nH]2)c2ccc(Cl)cc2C(F)(F)F)N1. The predicted molar refractivity (Wildman–Crippen MR) is 104 cm³/mol. The second-order valence-corrected chi connectivity index (χ2v) is 7.85. The molecule has 0 spiro atoms. The van der Waals surface area contributed by atoms with Crippen LogP contribution in [0.25, 0.3) is 5.57 Å². The fourth-order valence-corrected chi connectivity index (χ4v) is 3.80. The first-order valence-corrected chi connectivity index (χ1v) is 9.72. The minimum Gasteiger partial charge on any atom is -0.350 e. The molecule has 1 aliphatic carbocycles. The lowest BCUT2D eigenvalue weighted by Gasteiger charge is -2.18. The fourth-order valence-electron chi connectivity index (χ4n) is 3.63. The summed E-state index contributed by atoms with van der Waals surface area (Å²) in [6.45, 7) is 0. The molecule has 0 radical (unpaired) electrons. The fraction of sp³-hybridized carbons (Fsp3) is 0.333. The molecule has 4 rings (SSSR count). The number of amides is 1. The first-order valence-electron chi connectivity index (χ1n) is 9.34.